The Balaban J connectivity index is 1.43. The van der Waals surface area contributed by atoms with Gasteiger partial charge >= 0.3 is 0 Å². The van der Waals surface area contributed by atoms with Gasteiger partial charge in [0.25, 0.3) is 0 Å². The molecule has 2 N–H and O–H groups in total. The van der Waals surface area contributed by atoms with Gasteiger partial charge in [-0.05, 0) is 37.3 Å². The van der Waals surface area contributed by atoms with Crippen molar-refractivity contribution in [1.29, 1.82) is 0 Å². The molecule has 0 unspecified atom stereocenters. The number of nitrogens with one attached hydrogen (secondary N) is 2. The Bertz CT molecular complexity index is 975. The van der Waals surface area contributed by atoms with Crippen LogP contribution >= 0.6 is 23.4 Å². The SMILES string of the molecule is C[C@@H](Sc1nc2ccc(Cl)cc2[nH]1)C(=O)Nc1ccc2c(c1)OCCO2. The molecule has 1 aliphatic rings. The summed E-state index contributed by atoms with van der Waals surface area (Å²) in [6.07, 6.45) is 0. The number of ether oxygens (including phenoxy) is 2. The average Bonchev–Trinajstić information content (AvgIpc) is 3.02. The molecule has 8 heteroatoms. The predicted octanol–water partition coefficient (Wildman–Crippen LogP) is 4.11. The lowest BCUT2D eigenvalue weighted by Crippen LogP contribution is -2.23. The molecule has 4 rings (SSSR count). The number of rotatable bonds is 4. The average molecular weight is 390 g/mol. The molecule has 26 heavy (non-hydrogen) atoms. The summed E-state index contributed by atoms with van der Waals surface area (Å²) in [7, 11) is 0. The molecular weight excluding hydrogens is 374 g/mol. The minimum absolute atomic E-state index is 0.120. The van der Waals surface area contributed by atoms with Crippen molar-refractivity contribution >= 4 is 46.0 Å². The number of benzene rings is 2. The molecule has 1 aliphatic heterocycles. The first-order chi connectivity index (χ1) is 12.6. The van der Waals surface area contributed by atoms with E-state index in [2.05, 4.69) is 15.3 Å². The van der Waals surface area contributed by atoms with E-state index >= 15 is 0 Å². The predicted molar refractivity (Wildman–Crippen MR) is 102 cm³/mol. The quantitative estimate of drug-likeness (QED) is 0.657. The number of carbonyl (C=O) groups is 1. The highest BCUT2D eigenvalue weighted by Crippen LogP contribution is 2.33. The van der Waals surface area contributed by atoms with E-state index in [-0.39, 0.29) is 11.2 Å². The fraction of sp³-hybridized carbons (Fsp3) is 0.222. The van der Waals surface area contributed by atoms with Crippen molar-refractivity contribution < 1.29 is 14.3 Å². The highest BCUT2D eigenvalue weighted by molar-refractivity contribution is 8.00. The van der Waals surface area contributed by atoms with Gasteiger partial charge in [0.05, 0.1) is 16.3 Å². The lowest BCUT2D eigenvalue weighted by molar-refractivity contribution is -0.115. The number of nitrogens with zero attached hydrogens (tertiary/aromatic N) is 1. The maximum atomic E-state index is 12.5. The Morgan fingerprint density at radius 3 is 2.88 bits per heavy atom. The maximum Gasteiger partial charge on any atom is 0.237 e. The molecule has 1 atom stereocenters. The number of hydrogen-bond acceptors (Lipinski definition) is 5. The zero-order valence-corrected chi connectivity index (χ0v) is 15.5. The van der Waals surface area contributed by atoms with Gasteiger partial charge in [-0.2, -0.15) is 0 Å². The Labute approximate surface area is 159 Å². The number of aromatic nitrogens is 2. The molecule has 0 saturated carbocycles. The molecule has 1 aromatic heterocycles. The molecule has 0 spiro atoms. The third kappa shape index (κ3) is 3.59. The molecule has 2 aromatic carbocycles. The van der Waals surface area contributed by atoms with E-state index in [0.717, 1.165) is 11.0 Å². The van der Waals surface area contributed by atoms with Crippen molar-refractivity contribution in [3.63, 3.8) is 0 Å². The van der Waals surface area contributed by atoms with Gasteiger partial charge in [-0.15, -0.1) is 0 Å². The first kappa shape index (κ1) is 17.1. The molecule has 0 radical (unpaired) electrons. The number of H-pyrrole nitrogens is 1. The fourth-order valence-electron chi connectivity index (χ4n) is 2.60. The second kappa shape index (κ2) is 7.09. The molecule has 2 heterocycles. The zero-order chi connectivity index (χ0) is 18.1. The standard InChI is InChI=1S/C18H16ClN3O3S/c1-10(26-18-21-13-4-2-11(19)8-14(13)22-18)17(23)20-12-3-5-15-16(9-12)25-7-6-24-15/h2-5,8-10H,6-7H2,1H3,(H,20,23)(H,21,22)/t10-/m1/s1. The number of hydrogen-bond donors (Lipinski definition) is 2. The van der Waals surface area contributed by atoms with Crippen LogP contribution in [-0.4, -0.2) is 34.3 Å². The highest BCUT2D eigenvalue weighted by Gasteiger charge is 2.18. The Morgan fingerprint density at radius 2 is 2.04 bits per heavy atom. The molecule has 0 bridgehead atoms. The normalized spacial score (nSPS) is 14.2. The lowest BCUT2D eigenvalue weighted by atomic mass is 10.2. The number of fused-ring (bicyclic) bond motifs is 2. The van der Waals surface area contributed by atoms with Crippen LogP contribution in [0.4, 0.5) is 5.69 Å². The molecule has 3 aromatic rings. The van der Waals surface area contributed by atoms with E-state index in [1.807, 2.05) is 19.1 Å². The van der Waals surface area contributed by atoms with Crippen LogP contribution in [0.1, 0.15) is 6.92 Å². The van der Waals surface area contributed by atoms with Crippen LogP contribution in [0.5, 0.6) is 11.5 Å². The van der Waals surface area contributed by atoms with Crippen molar-refractivity contribution in [2.75, 3.05) is 18.5 Å². The van der Waals surface area contributed by atoms with Gasteiger partial charge in [-0.3, -0.25) is 4.79 Å². The molecular formula is C18H16ClN3O3S. The largest absolute Gasteiger partial charge is 0.486 e. The fourth-order valence-corrected chi connectivity index (χ4v) is 3.59. The third-order valence-electron chi connectivity index (χ3n) is 3.89. The Morgan fingerprint density at radius 1 is 1.23 bits per heavy atom. The summed E-state index contributed by atoms with van der Waals surface area (Å²) in [6, 6.07) is 10.8. The highest BCUT2D eigenvalue weighted by atomic mass is 35.5. The van der Waals surface area contributed by atoms with Crippen LogP contribution < -0.4 is 14.8 Å². The summed E-state index contributed by atoms with van der Waals surface area (Å²) in [4.78, 5) is 20.1. The summed E-state index contributed by atoms with van der Waals surface area (Å²) in [5, 5.41) is 3.88. The second-order valence-electron chi connectivity index (χ2n) is 5.81. The summed E-state index contributed by atoms with van der Waals surface area (Å²) >= 11 is 7.34. The summed E-state index contributed by atoms with van der Waals surface area (Å²) < 4.78 is 11.0. The smallest absolute Gasteiger partial charge is 0.237 e. The van der Waals surface area contributed by atoms with Gasteiger partial charge in [0.1, 0.15) is 13.2 Å². The molecule has 0 aliphatic carbocycles. The zero-order valence-electron chi connectivity index (χ0n) is 13.9. The van der Waals surface area contributed by atoms with E-state index < -0.39 is 0 Å². The lowest BCUT2D eigenvalue weighted by Gasteiger charge is -2.19. The van der Waals surface area contributed by atoms with E-state index in [0.29, 0.717) is 40.6 Å². The first-order valence-corrected chi connectivity index (χ1v) is 9.37. The van der Waals surface area contributed by atoms with E-state index in [1.54, 1.807) is 24.3 Å². The first-order valence-electron chi connectivity index (χ1n) is 8.11. The van der Waals surface area contributed by atoms with Crippen LogP contribution in [0.15, 0.2) is 41.6 Å². The minimum Gasteiger partial charge on any atom is -0.486 e. The van der Waals surface area contributed by atoms with E-state index in [9.17, 15) is 4.79 Å². The van der Waals surface area contributed by atoms with Gasteiger partial charge in [0, 0.05) is 16.8 Å². The Hall–Kier alpha value is -2.38. The van der Waals surface area contributed by atoms with Gasteiger partial charge in [0.2, 0.25) is 5.91 Å². The van der Waals surface area contributed by atoms with Gasteiger partial charge in [-0.25, -0.2) is 4.98 Å². The van der Waals surface area contributed by atoms with Gasteiger partial charge < -0.3 is 19.8 Å². The molecule has 1 amide bonds. The number of carbonyl (C=O) groups excluding carboxylic acids is 1. The molecule has 0 saturated heterocycles. The van der Waals surface area contributed by atoms with Crippen molar-refractivity contribution in [3.8, 4) is 11.5 Å². The topological polar surface area (TPSA) is 76.2 Å². The number of thioether (sulfide) groups is 1. The molecule has 134 valence electrons. The number of amides is 1. The summed E-state index contributed by atoms with van der Waals surface area (Å²) in [6.45, 7) is 2.87. The third-order valence-corrected chi connectivity index (χ3v) is 5.11. The van der Waals surface area contributed by atoms with Gasteiger partial charge in [0.15, 0.2) is 16.7 Å². The maximum absolute atomic E-state index is 12.5. The van der Waals surface area contributed by atoms with E-state index in [1.165, 1.54) is 11.8 Å². The number of halogens is 1. The second-order valence-corrected chi connectivity index (χ2v) is 7.58. The van der Waals surface area contributed by atoms with Crippen molar-refractivity contribution in [2.45, 2.75) is 17.3 Å². The number of aromatic amines is 1. The number of imidazole rings is 1. The number of anilines is 1. The molecule has 6 nitrogen and oxygen atoms in total. The van der Waals surface area contributed by atoms with E-state index in [4.69, 9.17) is 21.1 Å². The van der Waals surface area contributed by atoms with Crippen LogP contribution in [0, 0.1) is 0 Å². The Kier molecular flexibility index (Phi) is 4.65. The molecule has 0 fully saturated rings. The van der Waals surface area contributed by atoms with Crippen LogP contribution in [0.25, 0.3) is 11.0 Å². The summed E-state index contributed by atoms with van der Waals surface area (Å²) in [5.41, 5.74) is 2.33. The van der Waals surface area contributed by atoms with Crippen LogP contribution in [0.2, 0.25) is 5.02 Å². The minimum atomic E-state index is -0.334. The summed E-state index contributed by atoms with van der Waals surface area (Å²) in [5.74, 6) is 1.21. The van der Waals surface area contributed by atoms with Crippen molar-refractivity contribution in [1.82, 2.24) is 9.97 Å². The monoisotopic (exact) mass is 389 g/mol. The van der Waals surface area contributed by atoms with Gasteiger partial charge in [-0.1, -0.05) is 23.4 Å². The van der Waals surface area contributed by atoms with Crippen LogP contribution in [-0.2, 0) is 4.79 Å². The van der Waals surface area contributed by atoms with Crippen molar-refractivity contribution in [3.05, 3.63) is 41.4 Å². The van der Waals surface area contributed by atoms with Crippen LogP contribution in [0.3, 0.4) is 0 Å². The van der Waals surface area contributed by atoms with Crippen molar-refractivity contribution in [2.24, 2.45) is 0 Å².